The Balaban J connectivity index is 4.03. The molecular formula is C9H20N2O. The summed E-state index contributed by atoms with van der Waals surface area (Å²) in [5.41, 5.74) is 5.35. The van der Waals surface area contributed by atoms with Crippen molar-refractivity contribution >= 4 is 5.91 Å². The van der Waals surface area contributed by atoms with Gasteiger partial charge in [-0.25, -0.2) is 0 Å². The lowest BCUT2D eigenvalue weighted by atomic mass is 9.94. The van der Waals surface area contributed by atoms with E-state index < -0.39 is 0 Å². The molecule has 0 saturated heterocycles. The molecular weight excluding hydrogens is 152 g/mol. The van der Waals surface area contributed by atoms with E-state index in [1.165, 1.54) is 0 Å². The van der Waals surface area contributed by atoms with Gasteiger partial charge in [0.2, 0.25) is 5.91 Å². The van der Waals surface area contributed by atoms with Crippen LogP contribution in [0, 0.1) is 0 Å². The molecule has 72 valence electrons. The van der Waals surface area contributed by atoms with Crippen LogP contribution in [0.2, 0.25) is 0 Å². The molecule has 3 nitrogen and oxygen atoms in total. The average molecular weight is 172 g/mol. The molecule has 12 heavy (non-hydrogen) atoms. The number of hydrogen-bond donors (Lipinski definition) is 2. The number of rotatable bonds is 5. The Morgan fingerprint density at radius 2 is 2.08 bits per heavy atom. The van der Waals surface area contributed by atoms with Gasteiger partial charge < -0.3 is 11.1 Å². The standard InChI is InChI=1S/C9H20N2O/c1-4-8(12)11-9(3,5-2)6-7-10/h4-7,10H2,1-3H3,(H,11,12). The first-order valence-corrected chi connectivity index (χ1v) is 4.59. The summed E-state index contributed by atoms with van der Waals surface area (Å²) in [7, 11) is 0. The molecule has 0 aliphatic heterocycles. The highest BCUT2D eigenvalue weighted by atomic mass is 16.1. The highest BCUT2D eigenvalue weighted by Gasteiger charge is 2.21. The summed E-state index contributed by atoms with van der Waals surface area (Å²) in [6.45, 7) is 6.57. The lowest BCUT2D eigenvalue weighted by molar-refractivity contribution is -0.122. The van der Waals surface area contributed by atoms with E-state index in [9.17, 15) is 4.79 Å². The van der Waals surface area contributed by atoms with Gasteiger partial charge in [-0.1, -0.05) is 13.8 Å². The Hall–Kier alpha value is -0.570. The lowest BCUT2D eigenvalue weighted by Crippen LogP contribution is -2.46. The van der Waals surface area contributed by atoms with Crippen LogP contribution in [-0.2, 0) is 4.79 Å². The van der Waals surface area contributed by atoms with Crippen LogP contribution in [-0.4, -0.2) is 18.0 Å². The van der Waals surface area contributed by atoms with E-state index in [4.69, 9.17) is 5.73 Å². The van der Waals surface area contributed by atoms with Crippen molar-refractivity contribution in [3.8, 4) is 0 Å². The summed E-state index contributed by atoms with van der Waals surface area (Å²) in [5.74, 6) is 0.104. The summed E-state index contributed by atoms with van der Waals surface area (Å²) in [4.78, 5) is 11.1. The van der Waals surface area contributed by atoms with Crippen LogP contribution in [0.5, 0.6) is 0 Å². The molecule has 0 aromatic heterocycles. The second-order valence-corrected chi connectivity index (χ2v) is 3.35. The Kier molecular flexibility index (Phi) is 4.90. The molecule has 0 aliphatic carbocycles. The average Bonchev–Trinajstić information content (AvgIpc) is 2.05. The van der Waals surface area contributed by atoms with Gasteiger partial charge in [-0.3, -0.25) is 4.79 Å². The van der Waals surface area contributed by atoms with Crippen LogP contribution in [0.4, 0.5) is 0 Å². The molecule has 0 fully saturated rings. The number of carbonyl (C=O) groups excluding carboxylic acids is 1. The van der Waals surface area contributed by atoms with Gasteiger partial charge in [0.05, 0.1) is 0 Å². The third kappa shape index (κ3) is 3.72. The normalized spacial score (nSPS) is 15.3. The molecule has 0 spiro atoms. The summed E-state index contributed by atoms with van der Waals surface area (Å²) in [6.07, 6.45) is 2.31. The Labute approximate surface area is 74.7 Å². The fourth-order valence-corrected chi connectivity index (χ4v) is 1.07. The highest BCUT2D eigenvalue weighted by molar-refractivity contribution is 5.76. The third-order valence-corrected chi connectivity index (χ3v) is 2.24. The van der Waals surface area contributed by atoms with Crippen molar-refractivity contribution in [2.75, 3.05) is 6.54 Å². The van der Waals surface area contributed by atoms with E-state index in [0.29, 0.717) is 13.0 Å². The second kappa shape index (κ2) is 5.14. The van der Waals surface area contributed by atoms with Crippen molar-refractivity contribution in [1.29, 1.82) is 0 Å². The van der Waals surface area contributed by atoms with Gasteiger partial charge in [0.1, 0.15) is 0 Å². The Morgan fingerprint density at radius 1 is 1.50 bits per heavy atom. The number of hydrogen-bond acceptors (Lipinski definition) is 2. The first kappa shape index (κ1) is 11.4. The maximum Gasteiger partial charge on any atom is 0.220 e. The van der Waals surface area contributed by atoms with Gasteiger partial charge in [-0.2, -0.15) is 0 Å². The molecule has 0 heterocycles. The van der Waals surface area contributed by atoms with Gasteiger partial charge in [-0.15, -0.1) is 0 Å². The van der Waals surface area contributed by atoms with E-state index in [-0.39, 0.29) is 11.4 Å². The number of nitrogens with two attached hydrogens (primary N) is 1. The highest BCUT2D eigenvalue weighted by Crippen LogP contribution is 2.13. The lowest BCUT2D eigenvalue weighted by Gasteiger charge is -2.29. The van der Waals surface area contributed by atoms with Crippen LogP contribution in [0.25, 0.3) is 0 Å². The predicted molar refractivity (Wildman–Crippen MR) is 50.8 cm³/mol. The summed E-state index contributed by atoms with van der Waals surface area (Å²) in [5, 5.41) is 2.97. The van der Waals surface area contributed by atoms with E-state index in [1.54, 1.807) is 0 Å². The molecule has 0 bridgehead atoms. The predicted octanol–water partition coefficient (Wildman–Crippen LogP) is 1.03. The monoisotopic (exact) mass is 172 g/mol. The fraction of sp³-hybridized carbons (Fsp3) is 0.889. The van der Waals surface area contributed by atoms with Crippen LogP contribution in [0.1, 0.15) is 40.0 Å². The van der Waals surface area contributed by atoms with E-state index in [1.807, 2.05) is 13.8 Å². The first-order valence-electron chi connectivity index (χ1n) is 4.59. The summed E-state index contributed by atoms with van der Waals surface area (Å²) < 4.78 is 0. The molecule has 1 atom stereocenters. The minimum Gasteiger partial charge on any atom is -0.351 e. The van der Waals surface area contributed by atoms with Crippen molar-refractivity contribution in [2.24, 2.45) is 5.73 Å². The second-order valence-electron chi connectivity index (χ2n) is 3.35. The zero-order chi connectivity index (χ0) is 9.61. The fourth-order valence-electron chi connectivity index (χ4n) is 1.07. The minimum atomic E-state index is -0.109. The van der Waals surface area contributed by atoms with Crippen LogP contribution in [0.15, 0.2) is 0 Å². The maximum absolute atomic E-state index is 11.1. The number of carbonyl (C=O) groups is 1. The van der Waals surface area contributed by atoms with Gasteiger partial charge in [0.25, 0.3) is 0 Å². The molecule has 1 amide bonds. The quantitative estimate of drug-likeness (QED) is 0.650. The molecule has 1 unspecified atom stereocenters. The number of nitrogens with one attached hydrogen (secondary N) is 1. The SMILES string of the molecule is CCC(=O)NC(C)(CC)CCN. The topological polar surface area (TPSA) is 55.1 Å². The molecule has 0 radical (unpaired) electrons. The molecule has 3 N–H and O–H groups in total. The van der Waals surface area contributed by atoms with E-state index >= 15 is 0 Å². The van der Waals surface area contributed by atoms with Crippen molar-refractivity contribution in [3.63, 3.8) is 0 Å². The van der Waals surface area contributed by atoms with Crippen LogP contribution >= 0.6 is 0 Å². The smallest absolute Gasteiger partial charge is 0.220 e. The zero-order valence-electron chi connectivity index (χ0n) is 8.31. The Morgan fingerprint density at radius 3 is 2.42 bits per heavy atom. The minimum absolute atomic E-state index is 0.104. The maximum atomic E-state index is 11.1. The van der Waals surface area contributed by atoms with E-state index in [0.717, 1.165) is 12.8 Å². The molecule has 0 aromatic rings. The van der Waals surface area contributed by atoms with Crippen LogP contribution in [0.3, 0.4) is 0 Å². The summed E-state index contributed by atoms with van der Waals surface area (Å²) in [6, 6.07) is 0. The zero-order valence-corrected chi connectivity index (χ0v) is 8.31. The molecule has 0 saturated carbocycles. The van der Waals surface area contributed by atoms with Gasteiger partial charge in [0, 0.05) is 12.0 Å². The van der Waals surface area contributed by atoms with Gasteiger partial charge >= 0.3 is 0 Å². The molecule has 0 rings (SSSR count). The largest absolute Gasteiger partial charge is 0.351 e. The Bertz CT molecular complexity index is 147. The van der Waals surface area contributed by atoms with Gasteiger partial charge in [-0.05, 0) is 26.3 Å². The first-order chi connectivity index (χ1) is 5.58. The molecule has 0 aromatic carbocycles. The third-order valence-electron chi connectivity index (χ3n) is 2.24. The van der Waals surface area contributed by atoms with Crippen molar-refractivity contribution < 1.29 is 4.79 Å². The van der Waals surface area contributed by atoms with Crippen molar-refractivity contribution in [1.82, 2.24) is 5.32 Å². The van der Waals surface area contributed by atoms with Crippen molar-refractivity contribution in [3.05, 3.63) is 0 Å². The van der Waals surface area contributed by atoms with Crippen LogP contribution < -0.4 is 11.1 Å². The van der Waals surface area contributed by atoms with Crippen molar-refractivity contribution in [2.45, 2.75) is 45.6 Å². The molecule has 0 aliphatic rings. The van der Waals surface area contributed by atoms with E-state index in [2.05, 4.69) is 12.2 Å². The number of amides is 1. The van der Waals surface area contributed by atoms with Gasteiger partial charge in [0.15, 0.2) is 0 Å². The summed E-state index contributed by atoms with van der Waals surface area (Å²) >= 11 is 0. The molecule has 3 heteroatoms.